The van der Waals surface area contributed by atoms with Gasteiger partial charge in [-0.15, -0.1) is 0 Å². The van der Waals surface area contributed by atoms with Crippen molar-refractivity contribution >= 4 is 5.82 Å². The summed E-state index contributed by atoms with van der Waals surface area (Å²) in [5.74, 6) is 1.00. The summed E-state index contributed by atoms with van der Waals surface area (Å²) in [5.41, 5.74) is 8.12. The highest BCUT2D eigenvalue weighted by molar-refractivity contribution is 5.49. The van der Waals surface area contributed by atoms with E-state index in [2.05, 4.69) is 29.1 Å². The van der Waals surface area contributed by atoms with Crippen molar-refractivity contribution < 1.29 is 0 Å². The normalized spacial score (nSPS) is 14.9. The Hall–Kier alpha value is -1.16. The largest absolute Gasteiger partial charge is 0.365 e. The van der Waals surface area contributed by atoms with Crippen molar-refractivity contribution in [3.63, 3.8) is 0 Å². The summed E-state index contributed by atoms with van der Waals surface area (Å²) < 4.78 is 0. The Balaban J connectivity index is 2.19. The Labute approximate surface area is 96.7 Å². The molecule has 0 aromatic carbocycles. The molecule has 0 spiro atoms. The average molecular weight is 220 g/mol. The maximum atomic E-state index is 5.61. The van der Waals surface area contributed by atoms with E-state index in [9.17, 15) is 0 Å². The maximum absolute atomic E-state index is 5.61. The SMILES string of the molecule is CC(C)(CCN)Nc1ncnc2c1CCC2. The molecule has 0 amide bonds. The number of aryl methyl sites for hydroxylation is 1. The third-order valence-corrected chi connectivity index (χ3v) is 3.10. The molecule has 0 saturated heterocycles. The van der Waals surface area contributed by atoms with Gasteiger partial charge in [0.25, 0.3) is 0 Å². The molecule has 2 rings (SSSR count). The zero-order valence-electron chi connectivity index (χ0n) is 10.1. The molecule has 0 bridgehead atoms. The van der Waals surface area contributed by atoms with E-state index >= 15 is 0 Å². The number of hydrogen-bond acceptors (Lipinski definition) is 4. The van der Waals surface area contributed by atoms with Crippen LogP contribution in [0.3, 0.4) is 0 Å². The van der Waals surface area contributed by atoms with Crippen LogP contribution in [-0.4, -0.2) is 22.1 Å². The van der Waals surface area contributed by atoms with Crippen LogP contribution in [0.1, 0.15) is 37.9 Å². The summed E-state index contributed by atoms with van der Waals surface area (Å²) in [7, 11) is 0. The zero-order valence-corrected chi connectivity index (χ0v) is 10.1. The summed E-state index contributed by atoms with van der Waals surface area (Å²) in [4.78, 5) is 8.67. The molecule has 1 heterocycles. The van der Waals surface area contributed by atoms with E-state index in [1.165, 1.54) is 17.7 Å². The van der Waals surface area contributed by atoms with E-state index in [0.717, 1.165) is 25.1 Å². The fraction of sp³-hybridized carbons (Fsp3) is 0.667. The average Bonchev–Trinajstić information content (AvgIpc) is 2.65. The highest BCUT2D eigenvalue weighted by Crippen LogP contribution is 2.27. The molecule has 0 aliphatic heterocycles. The number of hydrogen-bond donors (Lipinski definition) is 2. The van der Waals surface area contributed by atoms with Crippen molar-refractivity contribution in [2.45, 2.75) is 45.1 Å². The molecular weight excluding hydrogens is 200 g/mol. The van der Waals surface area contributed by atoms with Gasteiger partial charge >= 0.3 is 0 Å². The maximum Gasteiger partial charge on any atom is 0.133 e. The Morgan fingerprint density at radius 2 is 2.19 bits per heavy atom. The number of aromatic nitrogens is 2. The van der Waals surface area contributed by atoms with Crippen molar-refractivity contribution in [2.24, 2.45) is 5.73 Å². The van der Waals surface area contributed by atoms with Gasteiger partial charge in [-0.3, -0.25) is 0 Å². The second-order valence-corrected chi connectivity index (χ2v) is 5.05. The van der Waals surface area contributed by atoms with Crippen LogP contribution >= 0.6 is 0 Å². The third-order valence-electron chi connectivity index (χ3n) is 3.10. The Bertz CT molecular complexity index is 373. The van der Waals surface area contributed by atoms with Crippen LogP contribution in [0.2, 0.25) is 0 Å². The minimum absolute atomic E-state index is 0.000532. The lowest BCUT2D eigenvalue weighted by Gasteiger charge is -2.27. The molecule has 1 aliphatic carbocycles. The monoisotopic (exact) mass is 220 g/mol. The molecule has 0 fully saturated rings. The van der Waals surface area contributed by atoms with Crippen LogP contribution in [0.4, 0.5) is 5.82 Å². The molecule has 3 N–H and O–H groups in total. The molecule has 1 aliphatic rings. The van der Waals surface area contributed by atoms with Gasteiger partial charge in [0.1, 0.15) is 12.1 Å². The van der Waals surface area contributed by atoms with E-state index in [4.69, 9.17) is 5.73 Å². The van der Waals surface area contributed by atoms with Gasteiger partial charge in [0, 0.05) is 16.8 Å². The lowest BCUT2D eigenvalue weighted by atomic mass is 10.0. The first-order valence-electron chi connectivity index (χ1n) is 5.93. The first kappa shape index (κ1) is 11.3. The molecule has 0 saturated carbocycles. The van der Waals surface area contributed by atoms with Crippen molar-refractivity contribution in [1.82, 2.24) is 9.97 Å². The topological polar surface area (TPSA) is 63.8 Å². The van der Waals surface area contributed by atoms with Crippen LogP contribution in [-0.2, 0) is 12.8 Å². The fourth-order valence-electron chi connectivity index (χ4n) is 2.21. The first-order chi connectivity index (χ1) is 7.62. The van der Waals surface area contributed by atoms with Gasteiger partial charge in [-0.2, -0.15) is 0 Å². The van der Waals surface area contributed by atoms with Crippen LogP contribution in [0.5, 0.6) is 0 Å². The molecule has 0 atom stereocenters. The summed E-state index contributed by atoms with van der Waals surface area (Å²) >= 11 is 0. The summed E-state index contributed by atoms with van der Waals surface area (Å²) in [6.07, 6.45) is 5.97. The van der Waals surface area contributed by atoms with Gasteiger partial charge in [-0.05, 0) is 46.1 Å². The van der Waals surface area contributed by atoms with Crippen LogP contribution in [0.25, 0.3) is 0 Å². The van der Waals surface area contributed by atoms with Gasteiger partial charge in [-0.1, -0.05) is 0 Å². The van der Waals surface area contributed by atoms with E-state index in [-0.39, 0.29) is 5.54 Å². The second-order valence-electron chi connectivity index (χ2n) is 5.05. The lowest BCUT2D eigenvalue weighted by molar-refractivity contribution is 0.523. The summed E-state index contributed by atoms with van der Waals surface area (Å²) in [6, 6.07) is 0. The van der Waals surface area contributed by atoms with Gasteiger partial charge in [-0.25, -0.2) is 9.97 Å². The number of nitrogens with zero attached hydrogens (tertiary/aromatic N) is 2. The molecule has 4 nitrogen and oxygen atoms in total. The van der Waals surface area contributed by atoms with Crippen molar-refractivity contribution in [3.05, 3.63) is 17.6 Å². The number of rotatable bonds is 4. The van der Waals surface area contributed by atoms with E-state index in [1.54, 1.807) is 6.33 Å². The smallest absolute Gasteiger partial charge is 0.133 e. The fourth-order valence-corrected chi connectivity index (χ4v) is 2.21. The van der Waals surface area contributed by atoms with Gasteiger partial charge < -0.3 is 11.1 Å². The van der Waals surface area contributed by atoms with Gasteiger partial charge in [0.15, 0.2) is 0 Å². The van der Waals surface area contributed by atoms with Crippen LogP contribution in [0, 0.1) is 0 Å². The van der Waals surface area contributed by atoms with Gasteiger partial charge in [0.05, 0.1) is 0 Å². The Morgan fingerprint density at radius 3 is 2.94 bits per heavy atom. The molecular formula is C12H20N4. The predicted molar refractivity (Wildman–Crippen MR) is 65.4 cm³/mol. The second kappa shape index (κ2) is 4.37. The minimum atomic E-state index is -0.000532. The van der Waals surface area contributed by atoms with Crippen molar-refractivity contribution in [3.8, 4) is 0 Å². The quantitative estimate of drug-likeness (QED) is 0.807. The molecule has 1 aromatic heterocycles. The Morgan fingerprint density at radius 1 is 1.38 bits per heavy atom. The predicted octanol–water partition coefficient (Wildman–Crippen LogP) is 1.50. The van der Waals surface area contributed by atoms with Crippen molar-refractivity contribution in [2.75, 3.05) is 11.9 Å². The van der Waals surface area contributed by atoms with Crippen LogP contribution in [0.15, 0.2) is 6.33 Å². The highest BCUT2D eigenvalue weighted by atomic mass is 15.1. The number of fused-ring (bicyclic) bond motifs is 1. The third kappa shape index (κ3) is 2.32. The summed E-state index contributed by atoms with van der Waals surface area (Å²) in [6.45, 7) is 5.00. The van der Waals surface area contributed by atoms with Crippen molar-refractivity contribution in [1.29, 1.82) is 0 Å². The number of nitrogens with two attached hydrogens (primary N) is 1. The minimum Gasteiger partial charge on any atom is -0.365 e. The molecule has 1 aromatic rings. The standard InChI is InChI=1S/C12H20N4/c1-12(2,6-7-13)16-11-9-4-3-5-10(9)14-8-15-11/h8H,3-7,13H2,1-2H3,(H,14,15,16). The van der Waals surface area contributed by atoms with E-state index < -0.39 is 0 Å². The van der Waals surface area contributed by atoms with Gasteiger partial charge in [0.2, 0.25) is 0 Å². The summed E-state index contributed by atoms with van der Waals surface area (Å²) in [5, 5.41) is 3.49. The van der Waals surface area contributed by atoms with E-state index in [0.29, 0.717) is 6.54 Å². The number of nitrogens with one attached hydrogen (secondary N) is 1. The lowest BCUT2D eigenvalue weighted by Crippen LogP contribution is -2.34. The molecule has 16 heavy (non-hydrogen) atoms. The molecule has 88 valence electrons. The first-order valence-corrected chi connectivity index (χ1v) is 5.93. The highest BCUT2D eigenvalue weighted by Gasteiger charge is 2.22. The Kier molecular flexibility index (Phi) is 3.10. The molecule has 0 unspecified atom stereocenters. The van der Waals surface area contributed by atoms with Crippen LogP contribution < -0.4 is 11.1 Å². The molecule has 0 radical (unpaired) electrons. The number of anilines is 1. The van der Waals surface area contributed by atoms with E-state index in [1.807, 2.05) is 0 Å². The molecule has 4 heteroatoms. The zero-order chi connectivity index (χ0) is 11.6.